The lowest BCUT2D eigenvalue weighted by Gasteiger charge is -2.31. The number of rotatable bonds is 4. The third-order valence-electron chi connectivity index (χ3n) is 5.87. The molecule has 3 aromatic rings. The van der Waals surface area contributed by atoms with Crippen LogP contribution in [0.1, 0.15) is 27.7 Å². The van der Waals surface area contributed by atoms with Gasteiger partial charge in [-0.2, -0.15) is 0 Å². The number of fused-ring (bicyclic) bond motifs is 2. The molecule has 1 aromatic heterocycles. The zero-order valence-corrected chi connectivity index (χ0v) is 17.4. The highest BCUT2D eigenvalue weighted by Crippen LogP contribution is 2.38. The van der Waals surface area contributed by atoms with E-state index in [0.29, 0.717) is 47.9 Å². The normalized spacial score (nSPS) is 19.2. The number of halogens is 2. The molecule has 1 amide bonds. The first-order valence-corrected chi connectivity index (χ1v) is 10.5. The number of carbonyl (C=O) groups excluding carboxylic acids is 1. The first kappa shape index (κ1) is 20.2. The third-order valence-corrected chi connectivity index (χ3v) is 6.11. The molecule has 0 N–H and O–H groups in total. The van der Waals surface area contributed by atoms with Crippen molar-refractivity contribution < 1.29 is 18.3 Å². The van der Waals surface area contributed by atoms with Gasteiger partial charge in [-0.05, 0) is 35.9 Å². The Morgan fingerprint density at radius 3 is 2.52 bits per heavy atom. The second-order valence-corrected chi connectivity index (χ2v) is 8.16. The van der Waals surface area contributed by atoms with Crippen molar-refractivity contribution in [3.05, 3.63) is 80.4 Å². The van der Waals surface area contributed by atoms with Crippen molar-refractivity contribution in [1.29, 1.82) is 0 Å². The van der Waals surface area contributed by atoms with Gasteiger partial charge in [-0.15, -0.1) is 0 Å². The van der Waals surface area contributed by atoms with Crippen LogP contribution in [0.4, 0.5) is 4.39 Å². The summed E-state index contributed by atoms with van der Waals surface area (Å²) < 4.78 is 24.9. The summed E-state index contributed by atoms with van der Waals surface area (Å²) in [5, 5.41) is 0.729. The summed E-state index contributed by atoms with van der Waals surface area (Å²) in [6.45, 7) is 3.93. The fourth-order valence-electron chi connectivity index (χ4n) is 4.29. The monoisotopic (exact) mass is 442 g/mol. The molecular weight excluding hydrogens is 423 g/mol. The molecular formula is C23H20ClFN2O4. The van der Waals surface area contributed by atoms with Crippen LogP contribution in [-0.2, 0) is 4.74 Å². The Balaban J connectivity index is 1.60. The van der Waals surface area contributed by atoms with Gasteiger partial charge in [0.25, 0.3) is 5.91 Å². The summed E-state index contributed by atoms with van der Waals surface area (Å²) >= 11 is 6.09. The van der Waals surface area contributed by atoms with Crippen molar-refractivity contribution in [2.24, 2.45) is 0 Å². The molecule has 1 unspecified atom stereocenters. The van der Waals surface area contributed by atoms with Gasteiger partial charge in [0, 0.05) is 31.2 Å². The summed E-state index contributed by atoms with van der Waals surface area (Å²) in [4.78, 5) is 30.6. The highest BCUT2D eigenvalue weighted by molar-refractivity contribution is 6.31. The Bertz CT molecular complexity index is 1200. The molecule has 1 saturated heterocycles. The molecule has 0 aliphatic carbocycles. The van der Waals surface area contributed by atoms with E-state index in [4.69, 9.17) is 20.8 Å². The number of morpholine rings is 1. The second-order valence-electron chi connectivity index (χ2n) is 7.72. The first-order valence-electron chi connectivity index (χ1n) is 10.2. The minimum absolute atomic E-state index is 0.0381. The summed E-state index contributed by atoms with van der Waals surface area (Å²) in [5.74, 6) is -0.687. The molecule has 160 valence electrons. The topological polar surface area (TPSA) is 63.0 Å². The fourth-order valence-corrected chi connectivity index (χ4v) is 4.46. The SMILES string of the molecule is O=C1c2oc3ccc(Cl)cc3c(=O)c2C(c2ccc(F)cc2)N1CCN1CCOCC1. The molecule has 2 aliphatic heterocycles. The number of ether oxygens (including phenoxy) is 1. The van der Waals surface area contributed by atoms with Gasteiger partial charge in [0.1, 0.15) is 11.4 Å². The van der Waals surface area contributed by atoms with Gasteiger partial charge in [-0.25, -0.2) is 4.39 Å². The standard InChI is InChI=1S/C23H20ClFN2O4/c24-15-3-6-18-17(13-15)21(28)19-20(14-1-4-16(25)5-2-14)27(23(29)22(19)31-18)8-7-26-9-11-30-12-10-26/h1-6,13,20H,7-12H2. The van der Waals surface area contributed by atoms with E-state index >= 15 is 0 Å². The molecule has 5 rings (SSSR count). The van der Waals surface area contributed by atoms with E-state index in [9.17, 15) is 14.0 Å². The Hall–Kier alpha value is -2.74. The fraction of sp³-hybridized carbons (Fsp3) is 0.304. The molecule has 31 heavy (non-hydrogen) atoms. The van der Waals surface area contributed by atoms with Crippen LogP contribution >= 0.6 is 11.6 Å². The van der Waals surface area contributed by atoms with Crippen molar-refractivity contribution in [3.8, 4) is 0 Å². The molecule has 0 bridgehead atoms. The van der Waals surface area contributed by atoms with Crippen LogP contribution < -0.4 is 5.43 Å². The van der Waals surface area contributed by atoms with E-state index < -0.39 is 6.04 Å². The van der Waals surface area contributed by atoms with Gasteiger partial charge >= 0.3 is 0 Å². The largest absolute Gasteiger partial charge is 0.450 e. The maximum Gasteiger partial charge on any atom is 0.290 e. The van der Waals surface area contributed by atoms with Crippen LogP contribution in [-0.4, -0.2) is 55.1 Å². The minimum atomic E-state index is -0.649. The summed E-state index contributed by atoms with van der Waals surface area (Å²) in [6, 6.07) is 9.98. The average Bonchev–Trinajstić information content (AvgIpc) is 3.06. The third kappa shape index (κ3) is 3.63. The zero-order chi connectivity index (χ0) is 21.5. The second kappa shape index (κ2) is 8.07. The predicted octanol–water partition coefficient (Wildman–Crippen LogP) is 3.46. The van der Waals surface area contributed by atoms with Crippen molar-refractivity contribution in [3.63, 3.8) is 0 Å². The lowest BCUT2D eigenvalue weighted by Crippen LogP contribution is -2.42. The van der Waals surface area contributed by atoms with E-state index in [1.54, 1.807) is 35.2 Å². The van der Waals surface area contributed by atoms with Crippen molar-refractivity contribution in [2.45, 2.75) is 6.04 Å². The Kier molecular flexibility index (Phi) is 5.25. The molecule has 3 heterocycles. The Morgan fingerprint density at radius 2 is 1.77 bits per heavy atom. The summed E-state index contributed by atoms with van der Waals surface area (Å²) in [6.07, 6.45) is 0. The smallest absolute Gasteiger partial charge is 0.290 e. The van der Waals surface area contributed by atoms with Crippen LogP contribution in [0.25, 0.3) is 11.0 Å². The number of hydrogen-bond donors (Lipinski definition) is 0. The molecule has 2 aromatic carbocycles. The lowest BCUT2D eigenvalue weighted by molar-refractivity contribution is 0.0314. The van der Waals surface area contributed by atoms with E-state index in [1.165, 1.54) is 12.1 Å². The first-order chi connectivity index (χ1) is 15.0. The summed E-state index contributed by atoms with van der Waals surface area (Å²) in [5.41, 5.74) is 0.946. The van der Waals surface area contributed by atoms with E-state index in [0.717, 1.165) is 13.1 Å². The molecule has 8 heteroatoms. The predicted molar refractivity (Wildman–Crippen MR) is 114 cm³/mol. The quantitative estimate of drug-likeness (QED) is 0.619. The molecule has 6 nitrogen and oxygen atoms in total. The highest BCUT2D eigenvalue weighted by Gasteiger charge is 2.42. The van der Waals surface area contributed by atoms with Crippen LogP contribution in [0.15, 0.2) is 51.7 Å². The van der Waals surface area contributed by atoms with Crippen molar-refractivity contribution in [2.75, 3.05) is 39.4 Å². The molecule has 0 radical (unpaired) electrons. The number of amides is 1. The molecule has 0 spiro atoms. The van der Waals surface area contributed by atoms with Crippen LogP contribution in [0, 0.1) is 5.82 Å². The Labute approximate surface area is 182 Å². The molecule has 1 atom stereocenters. The number of hydrogen-bond acceptors (Lipinski definition) is 5. The van der Waals surface area contributed by atoms with E-state index in [-0.39, 0.29) is 28.5 Å². The van der Waals surface area contributed by atoms with Crippen molar-refractivity contribution in [1.82, 2.24) is 9.80 Å². The molecule has 1 fully saturated rings. The average molecular weight is 443 g/mol. The maximum atomic E-state index is 13.6. The van der Waals surface area contributed by atoms with Gasteiger partial charge in [0.05, 0.1) is 30.2 Å². The van der Waals surface area contributed by atoms with Crippen LogP contribution in [0.5, 0.6) is 0 Å². The zero-order valence-electron chi connectivity index (χ0n) is 16.6. The van der Waals surface area contributed by atoms with Gasteiger partial charge in [0.2, 0.25) is 5.76 Å². The van der Waals surface area contributed by atoms with E-state index in [2.05, 4.69) is 4.90 Å². The number of benzene rings is 2. The van der Waals surface area contributed by atoms with Gasteiger partial charge < -0.3 is 14.1 Å². The molecule has 2 aliphatic rings. The number of carbonyl (C=O) groups is 1. The van der Waals surface area contributed by atoms with Crippen LogP contribution in [0.3, 0.4) is 0 Å². The highest BCUT2D eigenvalue weighted by atomic mass is 35.5. The minimum Gasteiger partial charge on any atom is -0.450 e. The lowest BCUT2D eigenvalue weighted by atomic mass is 9.98. The van der Waals surface area contributed by atoms with Crippen molar-refractivity contribution >= 4 is 28.5 Å². The van der Waals surface area contributed by atoms with Gasteiger partial charge in [-0.3, -0.25) is 14.5 Å². The Morgan fingerprint density at radius 1 is 1.03 bits per heavy atom. The van der Waals surface area contributed by atoms with Gasteiger partial charge in [0.15, 0.2) is 5.43 Å². The maximum absolute atomic E-state index is 13.6. The van der Waals surface area contributed by atoms with Crippen LogP contribution in [0.2, 0.25) is 5.02 Å². The molecule has 0 saturated carbocycles. The summed E-state index contributed by atoms with van der Waals surface area (Å²) in [7, 11) is 0. The van der Waals surface area contributed by atoms with E-state index in [1.807, 2.05) is 0 Å². The van der Waals surface area contributed by atoms with Gasteiger partial charge in [-0.1, -0.05) is 23.7 Å². The number of nitrogens with zero attached hydrogens (tertiary/aromatic N) is 2.